The number of pyridine rings is 1. The maximum absolute atomic E-state index is 10.1. The van der Waals surface area contributed by atoms with Crippen LogP contribution in [-0.2, 0) is 9.53 Å². The first kappa shape index (κ1) is 18.5. The lowest BCUT2D eigenvalue weighted by molar-refractivity contribution is -0.119. The molecule has 0 aliphatic carbocycles. The van der Waals surface area contributed by atoms with Crippen LogP contribution >= 0.6 is 0 Å². The number of nitriles is 1. The Morgan fingerprint density at radius 2 is 2.16 bits per heavy atom. The number of nitrogens with zero attached hydrogens (tertiary/aromatic N) is 2. The van der Waals surface area contributed by atoms with Crippen molar-refractivity contribution < 1.29 is 19.0 Å². The SMILES string of the molecule is COCCOc1cc2c(OC)nccc2cc1C#N.O=C1CCCN1. The number of nitrogens with one attached hydrogen (secondary N) is 1. The fourth-order valence-electron chi connectivity index (χ4n) is 2.34. The normalized spacial score (nSPS) is 12.8. The Labute approximate surface area is 146 Å². The molecule has 0 bridgehead atoms. The number of hydrogen-bond donors (Lipinski definition) is 1. The second kappa shape index (κ2) is 9.45. The summed E-state index contributed by atoms with van der Waals surface area (Å²) in [6.45, 7) is 1.74. The number of hydrogen-bond acceptors (Lipinski definition) is 6. The van der Waals surface area contributed by atoms with Crippen molar-refractivity contribution in [3.05, 3.63) is 30.0 Å². The van der Waals surface area contributed by atoms with Crippen LogP contribution < -0.4 is 14.8 Å². The third-order valence-electron chi connectivity index (χ3n) is 3.59. The lowest BCUT2D eigenvalue weighted by Gasteiger charge is -2.10. The van der Waals surface area contributed by atoms with E-state index in [1.165, 1.54) is 0 Å². The molecule has 25 heavy (non-hydrogen) atoms. The van der Waals surface area contributed by atoms with Gasteiger partial charge < -0.3 is 19.5 Å². The molecule has 2 aromatic rings. The molecule has 1 fully saturated rings. The molecule has 3 rings (SSSR count). The van der Waals surface area contributed by atoms with Gasteiger partial charge in [0.25, 0.3) is 0 Å². The smallest absolute Gasteiger partial charge is 0.221 e. The van der Waals surface area contributed by atoms with Gasteiger partial charge in [-0.15, -0.1) is 0 Å². The van der Waals surface area contributed by atoms with Crippen molar-refractivity contribution in [3.63, 3.8) is 0 Å². The third kappa shape index (κ3) is 5.06. The van der Waals surface area contributed by atoms with Crippen LogP contribution in [-0.4, -0.2) is 44.9 Å². The molecule has 1 amide bonds. The highest BCUT2D eigenvalue weighted by Gasteiger charge is 2.10. The van der Waals surface area contributed by atoms with E-state index in [1.54, 1.807) is 32.5 Å². The fraction of sp³-hybridized carbons (Fsp3) is 0.389. The summed E-state index contributed by atoms with van der Waals surface area (Å²) in [4.78, 5) is 14.3. The highest BCUT2D eigenvalue weighted by atomic mass is 16.5. The number of amides is 1. The molecule has 1 aliphatic rings. The van der Waals surface area contributed by atoms with Crippen LogP contribution in [0.25, 0.3) is 10.8 Å². The van der Waals surface area contributed by atoms with Crippen LogP contribution in [0.3, 0.4) is 0 Å². The molecule has 0 spiro atoms. The lowest BCUT2D eigenvalue weighted by atomic mass is 10.1. The number of carbonyl (C=O) groups is 1. The maximum Gasteiger partial charge on any atom is 0.221 e. The van der Waals surface area contributed by atoms with Gasteiger partial charge >= 0.3 is 0 Å². The average Bonchev–Trinajstić information content (AvgIpc) is 3.12. The molecule has 2 heterocycles. The fourth-order valence-corrected chi connectivity index (χ4v) is 2.34. The van der Waals surface area contributed by atoms with Crippen molar-refractivity contribution >= 4 is 16.7 Å². The van der Waals surface area contributed by atoms with Crippen molar-refractivity contribution in [1.29, 1.82) is 5.26 Å². The van der Waals surface area contributed by atoms with Crippen LogP contribution in [0.4, 0.5) is 0 Å². The van der Waals surface area contributed by atoms with Crippen molar-refractivity contribution in [3.8, 4) is 17.7 Å². The molecule has 0 saturated carbocycles. The number of benzene rings is 1. The summed E-state index contributed by atoms with van der Waals surface area (Å²) in [6, 6.07) is 7.49. The number of methoxy groups -OCH3 is 2. The summed E-state index contributed by atoms with van der Waals surface area (Å²) in [5.74, 6) is 1.23. The Morgan fingerprint density at radius 3 is 2.72 bits per heavy atom. The van der Waals surface area contributed by atoms with Crippen molar-refractivity contribution in [1.82, 2.24) is 10.3 Å². The molecule has 0 unspecified atom stereocenters. The zero-order valence-corrected chi connectivity index (χ0v) is 14.4. The lowest BCUT2D eigenvalue weighted by Crippen LogP contribution is -2.12. The highest BCUT2D eigenvalue weighted by Crippen LogP contribution is 2.30. The Balaban J connectivity index is 0.000000316. The standard InChI is InChI=1S/C14H14N2O3.C4H7NO/c1-17-5-6-19-13-8-12-10(7-11(13)9-15)3-4-16-14(12)18-2;6-4-2-1-3-5-4/h3-4,7-8H,5-6H2,1-2H3;1-3H2,(H,5,6). The van der Waals surface area contributed by atoms with E-state index < -0.39 is 0 Å². The minimum Gasteiger partial charge on any atom is -0.490 e. The summed E-state index contributed by atoms with van der Waals surface area (Å²) in [5, 5.41) is 13.5. The predicted molar refractivity (Wildman–Crippen MR) is 92.6 cm³/mol. The average molecular weight is 343 g/mol. The summed E-state index contributed by atoms with van der Waals surface area (Å²) in [5.41, 5.74) is 0.483. The molecule has 1 saturated heterocycles. The van der Waals surface area contributed by atoms with Crippen LogP contribution in [0.1, 0.15) is 18.4 Å². The van der Waals surface area contributed by atoms with E-state index in [4.69, 9.17) is 19.5 Å². The Morgan fingerprint density at radius 1 is 1.32 bits per heavy atom. The summed E-state index contributed by atoms with van der Waals surface area (Å²) >= 11 is 0. The van der Waals surface area contributed by atoms with Gasteiger partial charge in [-0.2, -0.15) is 5.26 Å². The Hall–Kier alpha value is -2.85. The topological polar surface area (TPSA) is 93.5 Å². The van der Waals surface area contributed by atoms with Crippen LogP contribution in [0, 0.1) is 11.3 Å². The first-order valence-electron chi connectivity index (χ1n) is 7.95. The van der Waals surface area contributed by atoms with Crippen molar-refractivity contribution in [2.45, 2.75) is 12.8 Å². The van der Waals surface area contributed by atoms with E-state index in [0.29, 0.717) is 30.4 Å². The minimum absolute atomic E-state index is 0.204. The Kier molecular flexibility index (Phi) is 6.99. The largest absolute Gasteiger partial charge is 0.490 e. The van der Waals surface area contributed by atoms with Gasteiger partial charge in [-0.25, -0.2) is 4.98 Å². The summed E-state index contributed by atoms with van der Waals surface area (Å²) in [7, 11) is 3.16. The van der Waals surface area contributed by atoms with E-state index in [2.05, 4.69) is 16.4 Å². The van der Waals surface area contributed by atoms with E-state index in [-0.39, 0.29) is 5.91 Å². The van der Waals surface area contributed by atoms with Gasteiger partial charge in [0.1, 0.15) is 18.4 Å². The van der Waals surface area contributed by atoms with Gasteiger partial charge in [0, 0.05) is 31.7 Å². The molecule has 1 aromatic carbocycles. The number of rotatable bonds is 5. The molecular formula is C18H21N3O4. The first-order valence-corrected chi connectivity index (χ1v) is 7.95. The molecule has 132 valence electrons. The molecular weight excluding hydrogens is 322 g/mol. The molecule has 0 radical (unpaired) electrons. The number of aromatic nitrogens is 1. The summed E-state index contributed by atoms with van der Waals surface area (Å²) in [6.07, 6.45) is 3.41. The second-order valence-electron chi connectivity index (χ2n) is 5.30. The van der Waals surface area contributed by atoms with Gasteiger partial charge in [-0.1, -0.05) is 0 Å². The van der Waals surface area contributed by atoms with Gasteiger partial charge in [-0.05, 0) is 30.0 Å². The van der Waals surface area contributed by atoms with E-state index in [9.17, 15) is 4.79 Å². The molecule has 1 aliphatic heterocycles. The zero-order valence-electron chi connectivity index (χ0n) is 14.4. The van der Waals surface area contributed by atoms with Crippen LogP contribution in [0.5, 0.6) is 11.6 Å². The van der Waals surface area contributed by atoms with Crippen LogP contribution in [0.2, 0.25) is 0 Å². The molecule has 7 nitrogen and oxygen atoms in total. The van der Waals surface area contributed by atoms with Gasteiger partial charge in [0.15, 0.2) is 0 Å². The maximum atomic E-state index is 10.1. The number of fused-ring (bicyclic) bond motifs is 1. The molecule has 0 atom stereocenters. The number of ether oxygens (including phenoxy) is 3. The van der Waals surface area contributed by atoms with Gasteiger partial charge in [-0.3, -0.25) is 4.79 Å². The third-order valence-corrected chi connectivity index (χ3v) is 3.59. The monoisotopic (exact) mass is 343 g/mol. The quantitative estimate of drug-likeness (QED) is 0.835. The second-order valence-corrected chi connectivity index (χ2v) is 5.30. The Bertz CT molecular complexity index is 763. The van der Waals surface area contributed by atoms with E-state index in [0.717, 1.165) is 30.2 Å². The highest BCUT2D eigenvalue weighted by molar-refractivity contribution is 5.89. The minimum atomic E-state index is 0.204. The van der Waals surface area contributed by atoms with Gasteiger partial charge in [0.2, 0.25) is 11.8 Å². The summed E-state index contributed by atoms with van der Waals surface area (Å²) < 4.78 is 15.7. The van der Waals surface area contributed by atoms with E-state index in [1.807, 2.05) is 6.07 Å². The zero-order chi connectivity index (χ0) is 18.1. The molecule has 1 aromatic heterocycles. The first-order chi connectivity index (χ1) is 12.2. The van der Waals surface area contributed by atoms with Crippen LogP contribution in [0.15, 0.2) is 24.4 Å². The predicted octanol–water partition coefficient (Wildman–Crippen LogP) is 2.04. The molecule has 7 heteroatoms. The number of carbonyl (C=O) groups excluding carboxylic acids is 1. The molecule has 1 N–H and O–H groups in total. The van der Waals surface area contributed by atoms with Crippen molar-refractivity contribution in [2.24, 2.45) is 0 Å². The van der Waals surface area contributed by atoms with Gasteiger partial charge in [0.05, 0.1) is 19.3 Å². The van der Waals surface area contributed by atoms with Crippen molar-refractivity contribution in [2.75, 3.05) is 34.0 Å². The van der Waals surface area contributed by atoms with E-state index >= 15 is 0 Å².